The lowest BCUT2D eigenvalue weighted by Crippen LogP contribution is -2.20. The van der Waals surface area contributed by atoms with Crippen LogP contribution in [0.1, 0.15) is 24.4 Å². The van der Waals surface area contributed by atoms with Crippen molar-refractivity contribution in [3.8, 4) is 0 Å². The second-order valence-corrected chi connectivity index (χ2v) is 6.57. The van der Waals surface area contributed by atoms with Crippen molar-refractivity contribution in [1.29, 1.82) is 0 Å². The maximum Gasteiger partial charge on any atom is 0.251 e. The van der Waals surface area contributed by atoms with Crippen LogP contribution in [0.15, 0.2) is 40.0 Å². The molecule has 6 heteroatoms. The number of nitrogens with one attached hydrogen (secondary N) is 2. The summed E-state index contributed by atoms with van der Waals surface area (Å²) < 4.78 is 0. The number of hydrogen-bond donors (Lipinski definition) is 2. The summed E-state index contributed by atoms with van der Waals surface area (Å²) in [6.45, 7) is 0.660. The lowest BCUT2D eigenvalue weighted by atomic mass is 10.4. The zero-order valence-corrected chi connectivity index (χ0v) is 13.0. The third kappa shape index (κ3) is 4.59. The molecule has 0 spiro atoms. The van der Waals surface area contributed by atoms with Crippen molar-refractivity contribution in [2.75, 3.05) is 0 Å². The van der Waals surface area contributed by atoms with Crippen molar-refractivity contribution in [3.05, 3.63) is 57.2 Å². The Hall–Kier alpha value is -1.30. The highest BCUT2D eigenvalue weighted by Crippen LogP contribution is 2.23. The molecule has 21 heavy (non-hydrogen) atoms. The molecule has 0 saturated heterocycles. The molecule has 0 unspecified atom stereocenters. The highest BCUT2D eigenvalue weighted by molar-refractivity contribution is 7.98. The van der Waals surface area contributed by atoms with Crippen molar-refractivity contribution in [3.63, 3.8) is 0 Å². The molecule has 1 saturated carbocycles. The number of aromatic nitrogens is 2. The topological polar surface area (TPSA) is 57.8 Å². The number of nitrogens with zero attached hydrogens (tertiary/aromatic N) is 1. The first-order valence-electron chi connectivity index (χ1n) is 6.90. The number of H-pyrrole nitrogens is 1. The standard InChI is InChI=1S/C15H16ClN3OS/c16-10-1-5-13(6-2-10)21-9-14-18-12(7-15(20)19-14)8-17-11-3-4-11/h1-2,5-7,11,17H,3-4,8-9H2,(H,18,19,20). The van der Waals surface area contributed by atoms with Gasteiger partial charge in [-0.25, -0.2) is 4.98 Å². The van der Waals surface area contributed by atoms with Gasteiger partial charge in [0.1, 0.15) is 5.82 Å². The van der Waals surface area contributed by atoms with Gasteiger partial charge in [-0.15, -0.1) is 11.8 Å². The summed E-state index contributed by atoms with van der Waals surface area (Å²) in [5.41, 5.74) is 0.710. The van der Waals surface area contributed by atoms with Crippen molar-refractivity contribution in [1.82, 2.24) is 15.3 Å². The molecule has 1 aliphatic carbocycles. The third-order valence-electron chi connectivity index (χ3n) is 3.18. The van der Waals surface area contributed by atoms with Gasteiger partial charge in [0.2, 0.25) is 0 Å². The van der Waals surface area contributed by atoms with Crippen molar-refractivity contribution >= 4 is 23.4 Å². The molecule has 1 heterocycles. The molecule has 1 aromatic heterocycles. The minimum absolute atomic E-state index is 0.0932. The Balaban J connectivity index is 1.63. The molecule has 0 bridgehead atoms. The van der Waals surface area contributed by atoms with E-state index in [0.29, 0.717) is 24.2 Å². The monoisotopic (exact) mass is 321 g/mol. The van der Waals surface area contributed by atoms with Gasteiger partial charge in [-0.1, -0.05) is 11.6 Å². The summed E-state index contributed by atoms with van der Waals surface area (Å²) in [5, 5.41) is 4.09. The van der Waals surface area contributed by atoms with Crippen LogP contribution in [-0.2, 0) is 12.3 Å². The smallest absolute Gasteiger partial charge is 0.251 e. The van der Waals surface area contributed by atoms with Gasteiger partial charge in [-0.3, -0.25) is 4.79 Å². The average molecular weight is 322 g/mol. The van der Waals surface area contributed by atoms with Gasteiger partial charge >= 0.3 is 0 Å². The summed E-state index contributed by atoms with van der Waals surface area (Å²) in [6, 6.07) is 9.81. The minimum Gasteiger partial charge on any atom is -0.310 e. The Bertz CT molecular complexity index is 667. The largest absolute Gasteiger partial charge is 0.310 e. The fourth-order valence-corrected chi connectivity index (χ4v) is 2.84. The highest BCUT2D eigenvalue weighted by atomic mass is 35.5. The molecular weight excluding hydrogens is 306 g/mol. The van der Waals surface area contributed by atoms with E-state index in [-0.39, 0.29) is 5.56 Å². The first-order valence-corrected chi connectivity index (χ1v) is 8.26. The quantitative estimate of drug-likeness (QED) is 0.803. The molecule has 4 nitrogen and oxygen atoms in total. The van der Waals surface area contributed by atoms with Gasteiger partial charge in [-0.2, -0.15) is 0 Å². The summed E-state index contributed by atoms with van der Waals surface area (Å²) in [7, 11) is 0. The molecule has 1 aliphatic rings. The molecule has 1 aromatic carbocycles. The third-order valence-corrected chi connectivity index (χ3v) is 4.46. The number of rotatable bonds is 6. The predicted molar refractivity (Wildman–Crippen MR) is 85.7 cm³/mol. The Morgan fingerprint density at radius 2 is 2.10 bits per heavy atom. The SMILES string of the molecule is O=c1cc(CNC2CC2)nc(CSc2ccc(Cl)cc2)[nH]1. The first-order chi connectivity index (χ1) is 10.2. The van der Waals surface area contributed by atoms with Gasteiger partial charge in [0.25, 0.3) is 5.56 Å². The minimum atomic E-state index is -0.0932. The Kier molecular flexibility index (Phi) is 4.63. The van der Waals surface area contributed by atoms with Crippen LogP contribution >= 0.6 is 23.4 Å². The number of hydrogen-bond acceptors (Lipinski definition) is 4. The summed E-state index contributed by atoms with van der Waals surface area (Å²) in [6.07, 6.45) is 2.45. The van der Waals surface area contributed by atoms with Crippen molar-refractivity contribution < 1.29 is 0 Å². The van der Waals surface area contributed by atoms with Crippen LogP contribution in [0.2, 0.25) is 5.02 Å². The predicted octanol–water partition coefficient (Wildman–Crippen LogP) is 2.97. The number of aromatic amines is 1. The van der Waals surface area contributed by atoms with E-state index < -0.39 is 0 Å². The summed E-state index contributed by atoms with van der Waals surface area (Å²) in [5.74, 6) is 1.34. The Morgan fingerprint density at radius 1 is 1.33 bits per heavy atom. The van der Waals surface area contributed by atoms with Gasteiger partial charge in [0, 0.05) is 28.6 Å². The Morgan fingerprint density at radius 3 is 2.81 bits per heavy atom. The zero-order valence-electron chi connectivity index (χ0n) is 11.4. The molecule has 2 N–H and O–H groups in total. The van der Waals surface area contributed by atoms with E-state index in [1.165, 1.54) is 12.8 Å². The van der Waals surface area contributed by atoms with Crippen LogP contribution in [-0.4, -0.2) is 16.0 Å². The number of thioether (sulfide) groups is 1. The van der Waals surface area contributed by atoms with Crippen LogP contribution in [0.5, 0.6) is 0 Å². The summed E-state index contributed by atoms with van der Waals surface area (Å²) >= 11 is 7.48. The van der Waals surface area contributed by atoms with E-state index >= 15 is 0 Å². The van der Waals surface area contributed by atoms with E-state index in [9.17, 15) is 4.79 Å². The van der Waals surface area contributed by atoms with E-state index in [1.54, 1.807) is 17.8 Å². The Labute approximate surface area is 132 Å². The molecule has 0 amide bonds. The maximum atomic E-state index is 11.7. The molecular formula is C15H16ClN3OS. The highest BCUT2D eigenvalue weighted by Gasteiger charge is 2.20. The second kappa shape index (κ2) is 6.64. The average Bonchev–Trinajstić information content (AvgIpc) is 3.28. The lowest BCUT2D eigenvalue weighted by Gasteiger charge is -2.05. The molecule has 1 fully saturated rings. The van der Waals surface area contributed by atoms with Crippen molar-refractivity contribution in [2.45, 2.75) is 36.1 Å². The van der Waals surface area contributed by atoms with Crippen LogP contribution in [0.4, 0.5) is 0 Å². The molecule has 0 aliphatic heterocycles. The van der Waals surface area contributed by atoms with Crippen LogP contribution < -0.4 is 10.9 Å². The molecule has 3 rings (SSSR count). The normalized spacial score (nSPS) is 14.3. The van der Waals surface area contributed by atoms with E-state index in [4.69, 9.17) is 11.6 Å². The fraction of sp³-hybridized carbons (Fsp3) is 0.333. The molecule has 0 radical (unpaired) electrons. The van der Waals surface area contributed by atoms with Gasteiger partial charge in [0.15, 0.2) is 0 Å². The zero-order chi connectivity index (χ0) is 14.7. The lowest BCUT2D eigenvalue weighted by molar-refractivity contribution is 0.668. The molecule has 0 atom stereocenters. The number of benzene rings is 1. The second-order valence-electron chi connectivity index (χ2n) is 5.08. The maximum absolute atomic E-state index is 11.7. The van der Waals surface area contributed by atoms with Crippen LogP contribution in [0.3, 0.4) is 0 Å². The van der Waals surface area contributed by atoms with E-state index in [2.05, 4.69) is 15.3 Å². The van der Waals surface area contributed by atoms with E-state index in [1.807, 2.05) is 24.3 Å². The van der Waals surface area contributed by atoms with Gasteiger partial charge in [0.05, 0.1) is 11.4 Å². The summed E-state index contributed by atoms with van der Waals surface area (Å²) in [4.78, 5) is 20.1. The van der Waals surface area contributed by atoms with Crippen LogP contribution in [0, 0.1) is 0 Å². The van der Waals surface area contributed by atoms with Gasteiger partial charge in [-0.05, 0) is 37.1 Å². The fourth-order valence-electron chi connectivity index (χ4n) is 1.94. The van der Waals surface area contributed by atoms with Gasteiger partial charge < -0.3 is 10.3 Å². The van der Waals surface area contributed by atoms with E-state index in [0.717, 1.165) is 15.6 Å². The first kappa shape index (κ1) is 14.6. The molecule has 110 valence electrons. The van der Waals surface area contributed by atoms with Crippen molar-refractivity contribution in [2.24, 2.45) is 0 Å². The molecule has 2 aromatic rings. The number of halogens is 1. The van der Waals surface area contributed by atoms with Crippen LogP contribution in [0.25, 0.3) is 0 Å².